The number of rotatable bonds is 5. The smallest absolute Gasteiger partial charge is 0.289 e. The fourth-order valence-corrected chi connectivity index (χ4v) is 4.37. The Labute approximate surface area is 162 Å². The van der Waals surface area contributed by atoms with E-state index in [4.69, 9.17) is 0 Å². The van der Waals surface area contributed by atoms with Crippen molar-refractivity contribution in [3.63, 3.8) is 0 Å². The molecule has 1 amide bonds. The molecular formula is C22H30N4O. The van der Waals surface area contributed by atoms with Gasteiger partial charge in [-0.2, -0.15) is 0 Å². The zero-order chi connectivity index (χ0) is 18.6. The van der Waals surface area contributed by atoms with Crippen molar-refractivity contribution >= 4 is 5.91 Å². The average Bonchev–Trinajstić information content (AvgIpc) is 3.35. The van der Waals surface area contributed by atoms with Crippen molar-refractivity contribution in [3.8, 4) is 0 Å². The summed E-state index contributed by atoms with van der Waals surface area (Å²) in [6.07, 6.45) is 9.48. The van der Waals surface area contributed by atoms with E-state index in [-0.39, 0.29) is 5.91 Å². The molecule has 5 nitrogen and oxygen atoms in total. The van der Waals surface area contributed by atoms with E-state index in [9.17, 15) is 4.79 Å². The molecule has 4 rings (SSSR count). The van der Waals surface area contributed by atoms with Crippen LogP contribution in [0.2, 0.25) is 0 Å². The van der Waals surface area contributed by atoms with Crippen LogP contribution in [0.1, 0.15) is 47.4 Å². The summed E-state index contributed by atoms with van der Waals surface area (Å²) in [7, 11) is 1.88. The number of carbonyl (C=O) groups is 1. The van der Waals surface area contributed by atoms with E-state index in [0.29, 0.717) is 11.7 Å². The number of aromatic nitrogens is 2. The molecule has 2 aromatic rings. The van der Waals surface area contributed by atoms with Crippen LogP contribution >= 0.6 is 0 Å². The van der Waals surface area contributed by atoms with Crippen molar-refractivity contribution in [1.29, 1.82) is 0 Å². The maximum atomic E-state index is 12.6. The standard InChI is InChI=1S/C22H30N4O/c1-24-15-10-23-21(24)22(27)26-13-8-19(9-14-26)16-18-4-6-20(7-5-18)17-25-11-2-3-12-25/h4-7,10,15,19H,2-3,8-9,11-14,16-17H2,1H3. The van der Waals surface area contributed by atoms with Gasteiger partial charge in [0.25, 0.3) is 5.91 Å². The number of aryl methyl sites for hydroxylation is 1. The molecule has 0 saturated carbocycles. The molecule has 0 radical (unpaired) electrons. The first kappa shape index (κ1) is 18.2. The van der Waals surface area contributed by atoms with Gasteiger partial charge >= 0.3 is 0 Å². The Morgan fingerprint density at radius 1 is 1.04 bits per heavy atom. The number of benzene rings is 1. The van der Waals surface area contributed by atoms with E-state index in [1.54, 1.807) is 10.8 Å². The van der Waals surface area contributed by atoms with Gasteiger partial charge in [0, 0.05) is 39.1 Å². The van der Waals surface area contributed by atoms with Gasteiger partial charge in [0.2, 0.25) is 0 Å². The summed E-state index contributed by atoms with van der Waals surface area (Å²) in [5, 5.41) is 0. The number of imidazole rings is 1. The highest BCUT2D eigenvalue weighted by Gasteiger charge is 2.25. The summed E-state index contributed by atoms with van der Waals surface area (Å²) in [6.45, 7) is 5.26. The molecule has 1 aromatic carbocycles. The van der Waals surface area contributed by atoms with Crippen LogP contribution in [0, 0.1) is 5.92 Å². The lowest BCUT2D eigenvalue weighted by Gasteiger charge is -2.31. The monoisotopic (exact) mass is 366 g/mol. The number of amides is 1. The number of piperidine rings is 1. The third-order valence-corrected chi connectivity index (χ3v) is 6.07. The molecule has 27 heavy (non-hydrogen) atoms. The minimum atomic E-state index is 0.0622. The fourth-order valence-electron chi connectivity index (χ4n) is 4.37. The number of likely N-dealkylation sites (tertiary alicyclic amines) is 2. The predicted octanol–water partition coefficient (Wildman–Crippen LogP) is 3.11. The van der Waals surface area contributed by atoms with Crippen LogP contribution in [0.4, 0.5) is 0 Å². The van der Waals surface area contributed by atoms with E-state index >= 15 is 0 Å². The van der Waals surface area contributed by atoms with Crippen molar-refractivity contribution in [2.75, 3.05) is 26.2 Å². The highest BCUT2D eigenvalue weighted by Crippen LogP contribution is 2.23. The molecular weight excluding hydrogens is 336 g/mol. The van der Waals surface area contributed by atoms with E-state index in [1.807, 2.05) is 18.1 Å². The van der Waals surface area contributed by atoms with Crippen LogP contribution in [-0.2, 0) is 20.0 Å². The number of carbonyl (C=O) groups excluding carboxylic acids is 1. The van der Waals surface area contributed by atoms with Gasteiger partial charge in [0.1, 0.15) is 0 Å². The molecule has 3 heterocycles. The van der Waals surface area contributed by atoms with Gasteiger partial charge in [-0.1, -0.05) is 24.3 Å². The highest BCUT2D eigenvalue weighted by molar-refractivity contribution is 5.90. The zero-order valence-corrected chi connectivity index (χ0v) is 16.3. The Kier molecular flexibility index (Phi) is 5.58. The van der Waals surface area contributed by atoms with Crippen molar-refractivity contribution in [2.24, 2.45) is 13.0 Å². The molecule has 0 spiro atoms. The van der Waals surface area contributed by atoms with Crippen LogP contribution in [0.5, 0.6) is 0 Å². The molecule has 2 fully saturated rings. The summed E-state index contributed by atoms with van der Waals surface area (Å²) in [6, 6.07) is 9.20. The second-order valence-electron chi connectivity index (χ2n) is 8.10. The first-order chi connectivity index (χ1) is 13.2. The quantitative estimate of drug-likeness (QED) is 0.816. The van der Waals surface area contributed by atoms with Gasteiger partial charge in [-0.25, -0.2) is 4.98 Å². The largest absolute Gasteiger partial charge is 0.336 e. The maximum absolute atomic E-state index is 12.6. The number of nitrogens with zero attached hydrogens (tertiary/aromatic N) is 4. The summed E-state index contributed by atoms with van der Waals surface area (Å²) in [5.41, 5.74) is 2.85. The first-order valence-corrected chi connectivity index (χ1v) is 10.3. The molecule has 0 unspecified atom stereocenters. The molecule has 144 valence electrons. The van der Waals surface area contributed by atoms with Crippen LogP contribution in [0.3, 0.4) is 0 Å². The van der Waals surface area contributed by atoms with Gasteiger partial charge in [0.15, 0.2) is 5.82 Å². The van der Waals surface area contributed by atoms with Gasteiger partial charge in [-0.15, -0.1) is 0 Å². The Balaban J connectivity index is 1.26. The van der Waals surface area contributed by atoms with Crippen molar-refractivity contribution in [2.45, 2.75) is 38.6 Å². The van der Waals surface area contributed by atoms with E-state index in [1.165, 1.54) is 37.1 Å². The molecule has 2 saturated heterocycles. The molecule has 1 aromatic heterocycles. The lowest BCUT2D eigenvalue weighted by atomic mass is 9.90. The molecule has 2 aliphatic rings. The van der Waals surface area contributed by atoms with Crippen LogP contribution in [-0.4, -0.2) is 51.4 Å². The normalized spacial score (nSPS) is 18.9. The zero-order valence-electron chi connectivity index (χ0n) is 16.3. The van der Waals surface area contributed by atoms with E-state index in [0.717, 1.165) is 38.9 Å². The third kappa shape index (κ3) is 4.41. The van der Waals surface area contributed by atoms with Crippen LogP contribution in [0.25, 0.3) is 0 Å². The Morgan fingerprint density at radius 2 is 1.70 bits per heavy atom. The molecule has 0 N–H and O–H groups in total. The SMILES string of the molecule is Cn1ccnc1C(=O)N1CCC(Cc2ccc(CN3CCCC3)cc2)CC1. The Bertz CT molecular complexity index is 753. The van der Waals surface area contributed by atoms with Gasteiger partial charge in [0.05, 0.1) is 0 Å². The van der Waals surface area contributed by atoms with Crippen molar-refractivity contribution in [3.05, 3.63) is 53.6 Å². The van der Waals surface area contributed by atoms with Crippen molar-refractivity contribution < 1.29 is 4.79 Å². The maximum Gasteiger partial charge on any atom is 0.289 e. The predicted molar refractivity (Wildman–Crippen MR) is 106 cm³/mol. The van der Waals surface area contributed by atoms with E-state index < -0.39 is 0 Å². The Morgan fingerprint density at radius 3 is 2.33 bits per heavy atom. The molecule has 0 atom stereocenters. The minimum Gasteiger partial charge on any atom is -0.336 e. The van der Waals surface area contributed by atoms with Crippen molar-refractivity contribution in [1.82, 2.24) is 19.4 Å². The number of hydrogen-bond donors (Lipinski definition) is 0. The lowest BCUT2D eigenvalue weighted by molar-refractivity contribution is 0.0674. The molecule has 0 aliphatic carbocycles. The Hall–Kier alpha value is -2.14. The first-order valence-electron chi connectivity index (χ1n) is 10.3. The van der Waals surface area contributed by atoms with Gasteiger partial charge in [-0.3, -0.25) is 9.69 Å². The second-order valence-corrected chi connectivity index (χ2v) is 8.10. The average molecular weight is 367 g/mol. The van der Waals surface area contributed by atoms with Crippen LogP contribution < -0.4 is 0 Å². The summed E-state index contributed by atoms with van der Waals surface area (Å²) < 4.78 is 1.80. The molecule has 2 aliphatic heterocycles. The fraction of sp³-hybridized carbons (Fsp3) is 0.545. The summed E-state index contributed by atoms with van der Waals surface area (Å²) in [5.74, 6) is 1.27. The highest BCUT2D eigenvalue weighted by atomic mass is 16.2. The topological polar surface area (TPSA) is 41.4 Å². The van der Waals surface area contributed by atoms with E-state index in [2.05, 4.69) is 34.1 Å². The van der Waals surface area contributed by atoms with Crippen LogP contribution in [0.15, 0.2) is 36.7 Å². The minimum absolute atomic E-state index is 0.0622. The summed E-state index contributed by atoms with van der Waals surface area (Å²) >= 11 is 0. The second kappa shape index (κ2) is 8.26. The number of hydrogen-bond acceptors (Lipinski definition) is 3. The lowest BCUT2D eigenvalue weighted by Crippen LogP contribution is -2.39. The molecule has 0 bridgehead atoms. The van der Waals surface area contributed by atoms with Gasteiger partial charge < -0.3 is 9.47 Å². The third-order valence-electron chi connectivity index (χ3n) is 6.07. The summed E-state index contributed by atoms with van der Waals surface area (Å²) in [4.78, 5) is 21.3. The molecule has 5 heteroatoms. The van der Waals surface area contributed by atoms with Gasteiger partial charge in [-0.05, 0) is 62.2 Å².